The fraction of sp³-hybridized carbons (Fsp3) is 0.583. The average Bonchev–Trinajstić information content (AvgIpc) is 2.32. The van der Waals surface area contributed by atoms with Crippen LogP contribution in [0.5, 0.6) is 0 Å². The number of hydrogen-bond acceptors (Lipinski definition) is 3. The van der Waals surface area contributed by atoms with Gasteiger partial charge in [0, 0.05) is 31.5 Å². The van der Waals surface area contributed by atoms with Crippen LogP contribution in [0.4, 0.5) is 0 Å². The molecule has 2 rings (SSSR count). The second-order valence-corrected chi connectivity index (χ2v) is 4.74. The molecule has 3 nitrogen and oxygen atoms in total. The van der Waals surface area contributed by atoms with Crippen molar-refractivity contribution in [3.8, 4) is 0 Å². The summed E-state index contributed by atoms with van der Waals surface area (Å²) in [6, 6.07) is 3.92. The molecule has 0 aromatic carbocycles. The van der Waals surface area contributed by atoms with Gasteiger partial charge >= 0.3 is 0 Å². The summed E-state index contributed by atoms with van der Waals surface area (Å²) >= 11 is 6.03. The van der Waals surface area contributed by atoms with Crippen LogP contribution < -0.4 is 0 Å². The van der Waals surface area contributed by atoms with E-state index in [0.29, 0.717) is 11.1 Å². The fourth-order valence-electron chi connectivity index (χ4n) is 2.22. The van der Waals surface area contributed by atoms with E-state index < -0.39 is 0 Å². The molecule has 4 heteroatoms. The van der Waals surface area contributed by atoms with Crippen molar-refractivity contribution in [1.82, 2.24) is 9.88 Å². The molecule has 0 bridgehead atoms. The number of piperidine rings is 1. The summed E-state index contributed by atoms with van der Waals surface area (Å²) in [6.07, 6.45) is 4.00. The van der Waals surface area contributed by atoms with E-state index in [0.717, 1.165) is 38.0 Å². The van der Waals surface area contributed by atoms with E-state index >= 15 is 0 Å². The van der Waals surface area contributed by atoms with Crippen molar-refractivity contribution in [3.63, 3.8) is 0 Å². The van der Waals surface area contributed by atoms with Crippen molar-refractivity contribution in [1.29, 1.82) is 0 Å². The van der Waals surface area contributed by atoms with E-state index in [1.54, 1.807) is 6.20 Å². The van der Waals surface area contributed by atoms with E-state index in [-0.39, 0.29) is 6.61 Å². The number of aliphatic hydroxyl groups is 1. The summed E-state index contributed by atoms with van der Waals surface area (Å²) in [5.41, 5.74) is 1.07. The zero-order valence-corrected chi connectivity index (χ0v) is 10.0. The number of aliphatic hydroxyl groups excluding tert-OH is 1. The highest BCUT2D eigenvalue weighted by Crippen LogP contribution is 2.20. The van der Waals surface area contributed by atoms with E-state index in [1.165, 1.54) is 0 Å². The van der Waals surface area contributed by atoms with Gasteiger partial charge in [-0.05, 0) is 31.4 Å². The van der Waals surface area contributed by atoms with Crippen molar-refractivity contribution < 1.29 is 5.11 Å². The zero-order valence-electron chi connectivity index (χ0n) is 9.27. The van der Waals surface area contributed by atoms with Gasteiger partial charge in [-0.1, -0.05) is 17.7 Å². The predicted octanol–water partition coefficient (Wildman–Crippen LogP) is 1.94. The smallest absolute Gasteiger partial charge is 0.133 e. The minimum Gasteiger partial charge on any atom is -0.396 e. The number of nitrogens with zero attached hydrogens (tertiary/aromatic N) is 2. The van der Waals surface area contributed by atoms with Crippen LogP contribution in [0.2, 0.25) is 5.15 Å². The van der Waals surface area contributed by atoms with Gasteiger partial charge in [0.15, 0.2) is 0 Å². The average molecular weight is 241 g/mol. The first kappa shape index (κ1) is 11.8. The Morgan fingerprint density at radius 3 is 3.19 bits per heavy atom. The van der Waals surface area contributed by atoms with Crippen LogP contribution in [0.1, 0.15) is 18.4 Å². The van der Waals surface area contributed by atoms with Crippen molar-refractivity contribution in [2.24, 2.45) is 5.92 Å². The highest BCUT2D eigenvalue weighted by atomic mass is 35.5. The first-order valence-corrected chi connectivity index (χ1v) is 6.10. The third-order valence-corrected chi connectivity index (χ3v) is 3.43. The highest BCUT2D eigenvalue weighted by Gasteiger charge is 2.19. The molecule has 0 aliphatic carbocycles. The van der Waals surface area contributed by atoms with Gasteiger partial charge in [0.25, 0.3) is 0 Å². The Morgan fingerprint density at radius 2 is 2.44 bits per heavy atom. The second-order valence-electron chi connectivity index (χ2n) is 4.38. The van der Waals surface area contributed by atoms with Crippen LogP contribution in [-0.4, -0.2) is 34.7 Å². The molecule has 1 saturated heterocycles. The van der Waals surface area contributed by atoms with Crippen molar-refractivity contribution in [3.05, 3.63) is 29.0 Å². The molecule has 1 fully saturated rings. The fourth-order valence-corrected chi connectivity index (χ4v) is 2.40. The topological polar surface area (TPSA) is 36.4 Å². The Balaban J connectivity index is 1.97. The molecule has 1 aromatic rings. The molecule has 1 unspecified atom stereocenters. The Labute approximate surface area is 101 Å². The summed E-state index contributed by atoms with van der Waals surface area (Å²) < 4.78 is 0. The second kappa shape index (κ2) is 5.62. The number of hydrogen-bond donors (Lipinski definition) is 1. The van der Waals surface area contributed by atoms with Crippen LogP contribution >= 0.6 is 11.6 Å². The van der Waals surface area contributed by atoms with Gasteiger partial charge in [-0.2, -0.15) is 0 Å². The third-order valence-electron chi connectivity index (χ3n) is 3.09. The highest BCUT2D eigenvalue weighted by molar-refractivity contribution is 6.30. The molecular weight excluding hydrogens is 224 g/mol. The molecule has 1 aromatic heterocycles. The molecular formula is C12H17ClN2O. The maximum Gasteiger partial charge on any atom is 0.133 e. The van der Waals surface area contributed by atoms with Crippen LogP contribution in [-0.2, 0) is 6.54 Å². The van der Waals surface area contributed by atoms with Gasteiger partial charge in [0.05, 0.1) is 0 Å². The van der Waals surface area contributed by atoms with Crippen LogP contribution in [0, 0.1) is 5.92 Å². The molecule has 2 heterocycles. The first-order valence-electron chi connectivity index (χ1n) is 5.72. The lowest BCUT2D eigenvalue weighted by atomic mass is 9.99. The SMILES string of the molecule is OCC1CCCN(Cc2cccnc2Cl)C1. The van der Waals surface area contributed by atoms with Crippen molar-refractivity contribution in [2.45, 2.75) is 19.4 Å². The Hall–Kier alpha value is -0.640. The Bertz CT molecular complexity index is 346. The molecule has 1 aliphatic rings. The van der Waals surface area contributed by atoms with Gasteiger partial charge in [0.2, 0.25) is 0 Å². The molecule has 16 heavy (non-hydrogen) atoms. The number of rotatable bonds is 3. The van der Waals surface area contributed by atoms with Crippen LogP contribution in [0.25, 0.3) is 0 Å². The minimum atomic E-state index is 0.289. The standard InChI is InChI=1S/C12H17ClN2O/c13-12-11(4-1-5-14-12)8-15-6-2-3-10(7-15)9-16/h1,4-5,10,16H,2-3,6-9H2. The predicted molar refractivity (Wildman–Crippen MR) is 64.3 cm³/mol. The molecule has 0 radical (unpaired) electrons. The molecule has 1 atom stereocenters. The molecule has 1 N–H and O–H groups in total. The molecule has 0 spiro atoms. The van der Waals surface area contributed by atoms with Crippen LogP contribution in [0.15, 0.2) is 18.3 Å². The normalized spacial score (nSPS) is 22.2. The van der Waals surface area contributed by atoms with Gasteiger partial charge < -0.3 is 5.11 Å². The summed E-state index contributed by atoms with van der Waals surface area (Å²) in [5, 5.41) is 9.76. The summed E-state index contributed by atoms with van der Waals surface area (Å²) in [4.78, 5) is 6.41. The van der Waals surface area contributed by atoms with Crippen LogP contribution in [0.3, 0.4) is 0 Å². The van der Waals surface area contributed by atoms with Crippen molar-refractivity contribution in [2.75, 3.05) is 19.7 Å². The van der Waals surface area contributed by atoms with E-state index in [4.69, 9.17) is 16.7 Å². The third kappa shape index (κ3) is 2.94. The number of likely N-dealkylation sites (tertiary alicyclic amines) is 1. The largest absolute Gasteiger partial charge is 0.396 e. The van der Waals surface area contributed by atoms with Gasteiger partial charge in [-0.3, -0.25) is 4.90 Å². The lowest BCUT2D eigenvalue weighted by Gasteiger charge is -2.31. The summed E-state index contributed by atoms with van der Waals surface area (Å²) in [7, 11) is 0. The number of aromatic nitrogens is 1. The quantitative estimate of drug-likeness (QED) is 0.821. The van der Waals surface area contributed by atoms with E-state index in [1.807, 2.05) is 12.1 Å². The molecule has 88 valence electrons. The maximum atomic E-state index is 9.16. The minimum absolute atomic E-state index is 0.289. The monoisotopic (exact) mass is 240 g/mol. The van der Waals surface area contributed by atoms with E-state index in [2.05, 4.69) is 9.88 Å². The van der Waals surface area contributed by atoms with Gasteiger partial charge in [0.1, 0.15) is 5.15 Å². The number of pyridine rings is 1. The zero-order chi connectivity index (χ0) is 11.4. The maximum absolute atomic E-state index is 9.16. The Morgan fingerprint density at radius 1 is 1.56 bits per heavy atom. The lowest BCUT2D eigenvalue weighted by Crippen LogP contribution is -2.36. The molecule has 0 saturated carbocycles. The van der Waals surface area contributed by atoms with Gasteiger partial charge in [-0.25, -0.2) is 4.98 Å². The molecule has 1 aliphatic heterocycles. The Kier molecular flexibility index (Phi) is 4.16. The first-order chi connectivity index (χ1) is 7.79. The van der Waals surface area contributed by atoms with E-state index in [9.17, 15) is 0 Å². The lowest BCUT2D eigenvalue weighted by molar-refractivity contribution is 0.116. The van der Waals surface area contributed by atoms with Gasteiger partial charge in [-0.15, -0.1) is 0 Å². The summed E-state index contributed by atoms with van der Waals surface area (Å²) in [6.45, 7) is 3.17. The molecule has 0 amide bonds. The number of halogens is 1. The summed E-state index contributed by atoms with van der Waals surface area (Å²) in [5.74, 6) is 0.421. The van der Waals surface area contributed by atoms with Crippen molar-refractivity contribution >= 4 is 11.6 Å².